The van der Waals surface area contributed by atoms with Crippen molar-refractivity contribution in [3.8, 4) is 0 Å². The van der Waals surface area contributed by atoms with E-state index >= 15 is 0 Å². The van der Waals surface area contributed by atoms with Crippen molar-refractivity contribution in [2.45, 2.75) is 18.9 Å². The summed E-state index contributed by atoms with van der Waals surface area (Å²) in [6.45, 7) is 2.47. The van der Waals surface area contributed by atoms with Gasteiger partial charge in [-0.25, -0.2) is 9.97 Å². The molecule has 1 amide bonds. The lowest BCUT2D eigenvalue weighted by Gasteiger charge is -2.26. The number of hydrogen-bond acceptors (Lipinski definition) is 5. The molecular weight excluding hydrogens is 232 g/mol. The molecule has 96 valence electrons. The van der Waals surface area contributed by atoms with Crippen LogP contribution in [0.5, 0.6) is 0 Å². The molecule has 0 radical (unpaired) electrons. The van der Waals surface area contributed by atoms with Crippen LogP contribution in [0.3, 0.4) is 0 Å². The van der Waals surface area contributed by atoms with Crippen molar-refractivity contribution in [2.75, 3.05) is 31.6 Å². The first-order valence-corrected chi connectivity index (χ1v) is 6.28. The van der Waals surface area contributed by atoms with Crippen LogP contribution in [0.25, 0.3) is 0 Å². The number of hydrogen-bond donors (Lipinski definition) is 1. The molecule has 2 heterocycles. The third-order valence-electron chi connectivity index (χ3n) is 3.11. The van der Waals surface area contributed by atoms with E-state index in [0.717, 1.165) is 5.82 Å². The van der Waals surface area contributed by atoms with E-state index in [1.54, 1.807) is 11.0 Å². The van der Waals surface area contributed by atoms with Crippen LogP contribution < -0.4 is 5.32 Å². The molecule has 0 spiro atoms. The molecule has 1 aromatic rings. The van der Waals surface area contributed by atoms with E-state index in [2.05, 4.69) is 15.3 Å². The van der Waals surface area contributed by atoms with Gasteiger partial charge in [0.1, 0.15) is 17.8 Å². The lowest BCUT2D eigenvalue weighted by molar-refractivity contribution is 0.0299. The van der Waals surface area contributed by atoms with E-state index in [4.69, 9.17) is 4.74 Å². The van der Waals surface area contributed by atoms with Gasteiger partial charge in [0, 0.05) is 25.2 Å². The molecule has 0 atom stereocenters. The molecule has 6 nitrogen and oxygen atoms in total. The monoisotopic (exact) mass is 248 g/mol. The number of carbonyl (C=O) groups is 1. The Hall–Kier alpha value is -1.69. The number of aromatic nitrogens is 2. The Morgan fingerprint density at radius 3 is 2.83 bits per heavy atom. The summed E-state index contributed by atoms with van der Waals surface area (Å²) in [5.74, 6) is 0.698. The summed E-state index contributed by atoms with van der Waals surface area (Å²) < 4.78 is 5.23. The molecule has 1 saturated carbocycles. The Bertz CT molecular complexity index is 441. The molecule has 1 aliphatic carbocycles. The molecule has 6 heteroatoms. The second-order valence-electron chi connectivity index (χ2n) is 4.61. The fraction of sp³-hybridized carbons (Fsp3) is 0.583. The van der Waals surface area contributed by atoms with Crippen LogP contribution in [0, 0.1) is 0 Å². The maximum absolute atomic E-state index is 12.2. The van der Waals surface area contributed by atoms with Gasteiger partial charge in [-0.2, -0.15) is 0 Å². The molecular formula is C12H16N4O2. The highest BCUT2D eigenvalue weighted by Gasteiger charge is 2.23. The number of anilines is 1. The van der Waals surface area contributed by atoms with Gasteiger partial charge in [-0.15, -0.1) is 0 Å². The van der Waals surface area contributed by atoms with E-state index in [9.17, 15) is 4.79 Å². The van der Waals surface area contributed by atoms with Gasteiger partial charge in [0.25, 0.3) is 5.91 Å². The maximum Gasteiger partial charge on any atom is 0.272 e. The Labute approximate surface area is 105 Å². The smallest absolute Gasteiger partial charge is 0.272 e. The summed E-state index contributed by atoms with van der Waals surface area (Å²) in [6.07, 6.45) is 3.80. The minimum atomic E-state index is -0.0421. The van der Waals surface area contributed by atoms with Gasteiger partial charge in [0.15, 0.2) is 0 Å². The lowest BCUT2D eigenvalue weighted by Crippen LogP contribution is -2.41. The van der Waals surface area contributed by atoms with Crippen LogP contribution in [0.15, 0.2) is 12.4 Å². The first kappa shape index (κ1) is 11.4. The van der Waals surface area contributed by atoms with Crippen molar-refractivity contribution in [3.05, 3.63) is 18.1 Å². The Morgan fingerprint density at radius 1 is 1.33 bits per heavy atom. The summed E-state index contributed by atoms with van der Waals surface area (Å²) in [4.78, 5) is 22.2. The first-order valence-electron chi connectivity index (χ1n) is 6.28. The van der Waals surface area contributed by atoms with E-state index in [1.807, 2.05) is 0 Å². The zero-order valence-electron chi connectivity index (χ0n) is 10.1. The average Bonchev–Trinajstić information content (AvgIpc) is 3.23. The van der Waals surface area contributed by atoms with Crippen molar-refractivity contribution in [2.24, 2.45) is 0 Å². The summed E-state index contributed by atoms with van der Waals surface area (Å²) >= 11 is 0. The Balaban J connectivity index is 1.71. The second kappa shape index (κ2) is 4.89. The van der Waals surface area contributed by atoms with E-state index in [-0.39, 0.29) is 5.91 Å². The van der Waals surface area contributed by atoms with Gasteiger partial charge >= 0.3 is 0 Å². The van der Waals surface area contributed by atoms with Crippen molar-refractivity contribution in [1.29, 1.82) is 0 Å². The number of morpholine rings is 1. The normalized spacial score (nSPS) is 19.7. The SMILES string of the molecule is O=C(c1cc(NC2CC2)ncn1)N1CCOCC1. The van der Waals surface area contributed by atoms with Crippen LogP contribution >= 0.6 is 0 Å². The molecule has 0 aromatic carbocycles. The largest absolute Gasteiger partial charge is 0.378 e. The van der Waals surface area contributed by atoms with Crippen LogP contribution in [0.1, 0.15) is 23.3 Å². The summed E-state index contributed by atoms with van der Waals surface area (Å²) in [5.41, 5.74) is 0.454. The molecule has 1 aliphatic heterocycles. The standard InChI is InChI=1S/C12H16N4O2/c17-12(16-3-5-18-6-4-16)10-7-11(14-8-13-10)15-9-1-2-9/h7-9H,1-6H2,(H,13,14,15). The van der Waals surface area contributed by atoms with Gasteiger partial charge in [-0.1, -0.05) is 0 Å². The molecule has 18 heavy (non-hydrogen) atoms. The minimum Gasteiger partial charge on any atom is -0.378 e. The minimum absolute atomic E-state index is 0.0421. The van der Waals surface area contributed by atoms with Crippen molar-refractivity contribution < 1.29 is 9.53 Å². The number of rotatable bonds is 3. The second-order valence-corrected chi connectivity index (χ2v) is 4.61. The van der Waals surface area contributed by atoms with Crippen molar-refractivity contribution >= 4 is 11.7 Å². The molecule has 2 fully saturated rings. The predicted octanol–water partition coefficient (Wildman–Crippen LogP) is 0.523. The van der Waals surface area contributed by atoms with Crippen molar-refractivity contribution in [1.82, 2.24) is 14.9 Å². The highest BCUT2D eigenvalue weighted by Crippen LogP contribution is 2.23. The van der Waals surface area contributed by atoms with Gasteiger partial charge in [0.05, 0.1) is 13.2 Å². The molecule has 1 saturated heterocycles. The van der Waals surface area contributed by atoms with Crippen LogP contribution in [0.2, 0.25) is 0 Å². The number of nitrogens with zero attached hydrogens (tertiary/aromatic N) is 3. The van der Waals surface area contributed by atoms with Crippen LogP contribution in [-0.2, 0) is 4.74 Å². The number of carbonyl (C=O) groups excluding carboxylic acids is 1. The third-order valence-corrected chi connectivity index (χ3v) is 3.11. The lowest BCUT2D eigenvalue weighted by atomic mass is 10.3. The quantitative estimate of drug-likeness (QED) is 0.844. The molecule has 1 N–H and O–H groups in total. The molecule has 1 aromatic heterocycles. The highest BCUT2D eigenvalue weighted by atomic mass is 16.5. The van der Waals surface area contributed by atoms with Crippen molar-refractivity contribution in [3.63, 3.8) is 0 Å². The third kappa shape index (κ3) is 2.59. The van der Waals surface area contributed by atoms with Gasteiger partial charge in [-0.05, 0) is 12.8 Å². The van der Waals surface area contributed by atoms with E-state index in [1.165, 1.54) is 19.2 Å². The summed E-state index contributed by atoms with van der Waals surface area (Å²) in [6, 6.07) is 2.25. The zero-order valence-corrected chi connectivity index (χ0v) is 10.1. The summed E-state index contributed by atoms with van der Waals surface area (Å²) in [7, 11) is 0. The topological polar surface area (TPSA) is 67.4 Å². The number of nitrogens with one attached hydrogen (secondary N) is 1. The van der Waals surface area contributed by atoms with E-state index < -0.39 is 0 Å². The molecule has 0 bridgehead atoms. The first-order chi connectivity index (χ1) is 8.83. The van der Waals surface area contributed by atoms with Gasteiger partial charge in [-0.3, -0.25) is 4.79 Å². The maximum atomic E-state index is 12.2. The zero-order chi connectivity index (χ0) is 12.4. The van der Waals surface area contributed by atoms with Crippen LogP contribution in [-0.4, -0.2) is 53.1 Å². The van der Waals surface area contributed by atoms with Crippen LogP contribution in [0.4, 0.5) is 5.82 Å². The molecule has 3 rings (SSSR count). The number of ether oxygens (including phenoxy) is 1. The average molecular weight is 248 g/mol. The Morgan fingerprint density at radius 2 is 2.11 bits per heavy atom. The van der Waals surface area contributed by atoms with Gasteiger partial charge < -0.3 is 15.0 Å². The fourth-order valence-corrected chi connectivity index (χ4v) is 1.92. The Kier molecular flexibility index (Phi) is 3.10. The number of amides is 1. The molecule has 2 aliphatic rings. The molecule has 0 unspecified atom stereocenters. The fourth-order valence-electron chi connectivity index (χ4n) is 1.92. The highest BCUT2D eigenvalue weighted by molar-refractivity contribution is 5.93. The van der Waals surface area contributed by atoms with Gasteiger partial charge in [0.2, 0.25) is 0 Å². The summed E-state index contributed by atoms with van der Waals surface area (Å²) in [5, 5.41) is 3.27. The van der Waals surface area contributed by atoms with E-state index in [0.29, 0.717) is 38.0 Å². The predicted molar refractivity (Wildman–Crippen MR) is 65.4 cm³/mol.